The van der Waals surface area contributed by atoms with Gasteiger partial charge in [0.05, 0.1) is 6.54 Å². The topological polar surface area (TPSA) is 79.6 Å². The van der Waals surface area contributed by atoms with Gasteiger partial charge in [-0.15, -0.1) is 0 Å². The van der Waals surface area contributed by atoms with Crippen molar-refractivity contribution >= 4 is 22.9 Å². The van der Waals surface area contributed by atoms with Crippen molar-refractivity contribution in [3.05, 3.63) is 81.7 Å². The Balaban J connectivity index is 1.76. The minimum atomic E-state index is -1.08. The number of nitrogens with one attached hydrogen (secondary N) is 1. The first kappa shape index (κ1) is 18.9. The smallest absolute Gasteiger partial charge is 0.336 e. The summed E-state index contributed by atoms with van der Waals surface area (Å²) in [4.78, 5) is 39.5. The Bertz CT molecular complexity index is 1150. The Morgan fingerprint density at radius 3 is 2.52 bits per heavy atom. The average molecular weight is 390 g/mol. The maximum Gasteiger partial charge on any atom is 0.336 e. The summed E-state index contributed by atoms with van der Waals surface area (Å²) in [6.45, 7) is 3.89. The van der Waals surface area contributed by atoms with Crippen LogP contribution < -0.4 is 10.9 Å². The van der Waals surface area contributed by atoms with Gasteiger partial charge in [0.2, 0.25) is 0 Å². The number of rotatable bonds is 5. The molecule has 0 radical (unpaired) electrons. The summed E-state index contributed by atoms with van der Waals surface area (Å²) in [5.41, 5.74) is 1.16. The molecule has 6 heteroatoms. The molecule has 1 saturated heterocycles. The van der Waals surface area contributed by atoms with Gasteiger partial charge in [-0.3, -0.25) is 9.69 Å². The van der Waals surface area contributed by atoms with Gasteiger partial charge in [-0.05, 0) is 36.1 Å². The fourth-order valence-electron chi connectivity index (χ4n) is 4.02. The Labute approximate surface area is 168 Å². The summed E-state index contributed by atoms with van der Waals surface area (Å²) in [5, 5.41) is 3.62. The van der Waals surface area contributed by atoms with Crippen LogP contribution in [0.5, 0.6) is 0 Å². The van der Waals surface area contributed by atoms with Gasteiger partial charge in [0.25, 0.3) is 5.91 Å². The number of fused-ring (bicyclic) bond motifs is 1. The third-order valence-corrected chi connectivity index (χ3v) is 5.38. The lowest BCUT2D eigenvalue weighted by Gasteiger charge is -2.27. The highest BCUT2D eigenvalue weighted by molar-refractivity contribution is 6.07. The molecule has 2 aromatic carbocycles. The van der Waals surface area contributed by atoms with Gasteiger partial charge in [0.15, 0.2) is 0 Å². The average Bonchev–Trinajstić information content (AvgIpc) is 2.93. The quantitative estimate of drug-likeness (QED) is 0.530. The van der Waals surface area contributed by atoms with E-state index in [1.54, 1.807) is 6.07 Å². The number of nitrogens with zero attached hydrogens (tertiary/aromatic N) is 1. The van der Waals surface area contributed by atoms with E-state index < -0.39 is 17.2 Å². The minimum absolute atomic E-state index is 0.00806. The highest BCUT2D eigenvalue weighted by atomic mass is 16.4. The van der Waals surface area contributed by atoms with E-state index in [1.165, 1.54) is 11.0 Å². The van der Waals surface area contributed by atoms with E-state index in [4.69, 9.17) is 4.42 Å². The monoisotopic (exact) mass is 390 g/mol. The lowest BCUT2D eigenvalue weighted by molar-refractivity contribution is -0.132. The second-order valence-corrected chi connectivity index (χ2v) is 7.43. The van der Waals surface area contributed by atoms with Crippen LogP contribution in [0.1, 0.15) is 36.5 Å². The zero-order chi connectivity index (χ0) is 20.6. The normalized spacial score (nSPS) is 19.0. The third-order valence-electron chi connectivity index (χ3n) is 5.38. The Hall–Kier alpha value is -3.41. The second kappa shape index (κ2) is 7.20. The summed E-state index contributed by atoms with van der Waals surface area (Å²) in [6, 6.07) is 15.7. The SMILES string of the molecule is CCC[C@]1(c2ccccc2)NC(=O)N(Cc2cc(=O)oc3cc(C)ccc23)C1=O. The predicted octanol–water partition coefficient (Wildman–Crippen LogP) is 3.85. The first-order valence-electron chi connectivity index (χ1n) is 9.67. The van der Waals surface area contributed by atoms with Gasteiger partial charge in [-0.1, -0.05) is 55.8 Å². The number of aryl methyl sites for hydroxylation is 1. The van der Waals surface area contributed by atoms with Crippen molar-refractivity contribution in [2.24, 2.45) is 0 Å². The lowest BCUT2D eigenvalue weighted by Crippen LogP contribution is -2.43. The molecule has 29 heavy (non-hydrogen) atoms. The van der Waals surface area contributed by atoms with Crippen LogP contribution in [0.2, 0.25) is 0 Å². The Kier molecular flexibility index (Phi) is 4.70. The third kappa shape index (κ3) is 3.20. The molecule has 0 aliphatic carbocycles. The Morgan fingerprint density at radius 1 is 1.03 bits per heavy atom. The van der Waals surface area contributed by atoms with Crippen molar-refractivity contribution < 1.29 is 14.0 Å². The number of hydrogen-bond acceptors (Lipinski definition) is 4. The molecule has 2 heterocycles. The first-order valence-corrected chi connectivity index (χ1v) is 9.67. The molecule has 0 unspecified atom stereocenters. The fraction of sp³-hybridized carbons (Fsp3) is 0.261. The van der Waals surface area contributed by atoms with Crippen molar-refractivity contribution in [3.63, 3.8) is 0 Å². The number of amides is 3. The molecular weight excluding hydrogens is 368 g/mol. The van der Waals surface area contributed by atoms with E-state index in [9.17, 15) is 14.4 Å². The predicted molar refractivity (Wildman–Crippen MR) is 109 cm³/mol. The van der Waals surface area contributed by atoms with Crippen LogP contribution in [-0.2, 0) is 16.9 Å². The first-order chi connectivity index (χ1) is 13.9. The maximum absolute atomic E-state index is 13.4. The highest BCUT2D eigenvalue weighted by Gasteiger charge is 2.51. The van der Waals surface area contributed by atoms with E-state index in [2.05, 4.69) is 5.32 Å². The number of urea groups is 1. The van der Waals surface area contributed by atoms with Gasteiger partial charge < -0.3 is 9.73 Å². The molecule has 4 rings (SSSR count). The zero-order valence-electron chi connectivity index (χ0n) is 16.4. The van der Waals surface area contributed by atoms with Crippen LogP contribution in [0.3, 0.4) is 0 Å². The molecule has 3 amide bonds. The van der Waals surface area contributed by atoms with Crippen LogP contribution in [0.15, 0.2) is 63.8 Å². The molecule has 0 bridgehead atoms. The molecule has 0 spiro atoms. The number of carbonyl (C=O) groups excluding carboxylic acids is 2. The maximum atomic E-state index is 13.4. The molecule has 1 atom stereocenters. The van der Waals surface area contributed by atoms with E-state index in [-0.39, 0.29) is 12.5 Å². The van der Waals surface area contributed by atoms with Crippen molar-refractivity contribution in [2.75, 3.05) is 0 Å². The summed E-state index contributed by atoms with van der Waals surface area (Å²) in [5.74, 6) is -0.302. The van der Waals surface area contributed by atoms with Crippen LogP contribution in [0.4, 0.5) is 4.79 Å². The highest BCUT2D eigenvalue weighted by Crippen LogP contribution is 2.34. The molecule has 1 aliphatic heterocycles. The van der Waals surface area contributed by atoms with Gasteiger partial charge in [0, 0.05) is 11.5 Å². The Morgan fingerprint density at radius 2 is 1.79 bits per heavy atom. The van der Waals surface area contributed by atoms with Gasteiger partial charge in [0.1, 0.15) is 11.1 Å². The number of imide groups is 1. The fourth-order valence-corrected chi connectivity index (χ4v) is 4.02. The van der Waals surface area contributed by atoms with Crippen LogP contribution in [0, 0.1) is 6.92 Å². The lowest BCUT2D eigenvalue weighted by atomic mass is 9.85. The van der Waals surface area contributed by atoms with Crippen LogP contribution in [0.25, 0.3) is 11.0 Å². The second-order valence-electron chi connectivity index (χ2n) is 7.43. The van der Waals surface area contributed by atoms with Crippen LogP contribution >= 0.6 is 0 Å². The van der Waals surface area contributed by atoms with Crippen molar-refractivity contribution in [2.45, 2.75) is 38.8 Å². The molecule has 148 valence electrons. The molecule has 1 N–H and O–H groups in total. The van der Waals surface area contributed by atoms with Gasteiger partial charge in [-0.2, -0.15) is 0 Å². The largest absolute Gasteiger partial charge is 0.423 e. The molecule has 0 saturated carbocycles. The number of carbonyl (C=O) groups is 2. The van der Waals surface area contributed by atoms with E-state index in [0.29, 0.717) is 23.0 Å². The van der Waals surface area contributed by atoms with Crippen LogP contribution in [-0.4, -0.2) is 16.8 Å². The summed E-state index contributed by atoms with van der Waals surface area (Å²) < 4.78 is 5.29. The van der Waals surface area contributed by atoms with Crippen molar-refractivity contribution in [1.82, 2.24) is 10.2 Å². The molecule has 1 aliphatic rings. The van der Waals surface area contributed by atoms with Crippen molar-refractivity contribution in [1.29, 1.82) is 0 Å². The number of benzene rings is 2. The van der Waals surface area contributed by atoms with Crippen molar-refractivity contribution in [3.8, 4) is 0 Å². The van der Waals surface area contributed by atoms with E-state index >= 15 is 0 Å². The van der Waals surface area contributed by atoms with Gasteiger partial charge >= 0.3 is 11.7 Å². The van der Waals surface area contributed by atoms with Gasteiger partial charge in [-0.25, -0.2) is 9.59 Å². The van der Waals surface area contributed by atoms with E-state index in [1.807, 2.05) is 56.3 Å². The summed E-state index contributed by atoms with van der Waals surface area (Å²) >= 11 is 0. The standard InChI is InChI=1S/C23H22N2O4/c1-3-11-23(17-7-5-4-6-8-17)21(27)25(22(28)24-23)14-16-13-20(26)29-19-12-15(2)9-10-18(16)19/h4-10,12-13H,3,11,14H2,1-2H3,(H,24,28)/t23-/m1/s1. The summed E-state index contributed by atoms with van der Waals surface area (Å²) in [7, 11) is 0. The minimum Gasteiger partial charge on any atom is -0.423 e. The molecule has 6 nitrogen and oxygen atoms in total. The zero-order valence-corrected chi connectivity index (χ0v) is 16.4. The molecule has 1 fully saturated rings. The molecule has 1 aromatic heterocycles. The number of hydrogen-bond donors (Lipinski definition) is 1. The summed E-state index contributed by atoms with van der Waals surface area (Å²) in [6.07, 6.45) is 1.22. The molecular formula is C23H22N2O4. The molecule has 3 aromatic rings. The van der Waals surface area contributed by atoms with E-state index in [0.717, 1.165) is 17.5 Å².